The highest BCUT2D eigenvalue weighted by Gasteiger charge is 2.69. The molecular formula is C23H16ClFN2O4S. The molecule has 9 heteroatoms. The first-order chi connectivity index (χ1) is 15.3. The Morgan fingerprint density at radius 3 is 2.38 bits per heavy atom. The number of benzene rings is 3. The Morgan fingerprint density at radius 1 is 0.969 bits per heavy atom. The van der Waals surface area contributed by atoms with Crippen LogP contribution in [0.2, 0.25) is 5.02 Å². The topological polar surface area (TPSA) is 74.8 Å². The molecule has 2 aliphatic heterocycles. The number of sulfone groups is 1. The number of carbonyl (C=O) groups is 2. The van der Waals surface area contributed by atoms with Crippen LogP contribution in [0.25, 0.3) is 0 Å². The van der Waals surface area contributed by atoms with Gasteiger partial charge in [0.05, 0.1) is 17.3 Å². The van der Waals surface area contributed by atoms with E-state index in [0.717, 1.165) is 22.6 Å². The fourth-order valence-corrected chi connectivity index (χ4v) is 6.65. The molecule has 0 N–H and O–H groups in total. The zero-order valence-electron chi connectivity index (χ0n) is 16.5. The van der Waals surface area contributed by atoms with E-state index < -0.39 is 38.1 Å². The van der Waals surface area contributed by atoms with Gasteiger partial charge in [-0.1, -0.05) is 60.1 Å². The predicted octanol–water partition coefficient (Wildman–Crippen LogP) is 3.64. The smallest absolute Gasteiger partial charge is 0.274 e. The average Bonchev–Trinajstić information content (AvgIpc) is 3.14. The van der Waals surface area contributed by atoms with Crippen LogP contribution in [0, 0.1) is 5.82 Å². The summed E-state index contributed by atoms with van der Waals surface area (Å²) in [6.45, 7) is 0.125. The molecule has 5 rings (SSSR count). The predicted molar refractivity (Wildman–Crippen MR) is 118 cm³/mol. The first kappa shape index (κ1) is 20.7. The number of para-hydroxylation sites is 1. The van der Waals surface area contributed by atoms with Crippen molar-refractivity contribution in [3.8, 4) is 0 Å². The minimum atomic E-state index is -4.30. The number of hydrogen-bond donors (Lipinski definition) is 0. The zero-order valence-corrected chi connectivity index (χ0v) is 18.1. The number of halogens is 2. The molecule has 0 aromatic heterocycles. The van der Waals surface area contributed by atoms with Gasteiger partial charge in [0, 0.05) is 11.3 Å². The highest BCUT2D eigenvalue weighted by molar-refractivity contribution is 7.94. The third kappa shape index (κ3) is 2.73. The van der Waals surface area contributed by atoms with Crippen LogP contribution in [0.15, 0.2) is 72.8 Å². The van der Waals surface area contributed by atoms with E-state index in [1.807, 2.05) is 30.3 Å². The second-order valence-corrected chi connectivity index (χ2v) is 10.1. The van der Waals surface area contributed by atoms with Gasteiger partial charge in [0.25, 0.3) is 10.8 Å². The summed E-state index contributed by atoms with van der Waals surface area (Å²) in [5.41, 5.74) is 1.42. The van der Waals surface area contributed by atoms with E-state index >= 15 is 0 Å². The van der Waals surface area contributed by atoms with Crippen LogP contribution in [-0.4, -0.2) is 26.0 Å². The summed E-state index contributed by atoms with van der Waals surface area (Å²) in [7, 11) is -4.30. The van der Waals surface area contributed by atoms with Gasteiger partial charge in [0.2, 0.25) is 5.91 Å². The Bertz CT molecular complexity index is 1380. The fourth-order valence-electron chi connectivity index (χ4n) is 4.44. The maximum atomic E-state index is 13.9. The molecule has 0 bridgehead atoms. The SMILES string of the molecule is O=C1CS(=O)(=O)[C@@]2(C(=O)N(Cc3ccccc3)c3ccccc32)N1c1ccc(F)c(Cl)c1. The van der Waals surface area contributed by atoms with Gasteiger partial charge in [-0.3, -0.25) is 14.5 Å². The van der Waals surface area contributed by atoms with Crippen LogP contribution in [0.4, 0.5) is 15.8 Å². The van der Waals surface area contributed by atoms with E-state index in [4.69, 9.17) is 11.6 Å². The summed E-state index contributed by atoms with van der Waals surface area (Å²) in [6, 6.07) is 19.1. The maximum Gasteiger partial charge on any atom is 0.274 e. The van der Waals surface area contributed by atoms with Gasteiger partial charge in [-0.25, -0.2) is 12.8 Å². The molecule has 2 aliphatic rings. The van der Waals surface area contributed by atoms with E-state index in [2.05, 4.69) is 0 Å². The molecule has 3 aromatic rings. The lowest BCUT2D eigenvalue weighted by Gasteiger charge is -2.32. The van der Waals surface area contributed by atoms with Crippen molar-refractivity contribution in [3.05, 3.63) is 94.8 Å². The average molecular weight is 471 g/mol. The zero-order chi connectivity index (χ0) is 22.7. The van der Waals surface area contributed by atoms with Gasteiger partial charge in [-0.2, -0.15) is 0 Å². The highest BCUT2D eigenvalue weighted by atomic mass is 35.5. The minimum Gasteiger partial charge on any atom is -0.304 e. The number of anilines is 2. The molecule has 3 aromatic carbocycles. The van der Waals surface area contributed by atoms with Crippen molar-refractivity contribution in [2.45, 2.75) is 11.4 Å². The summed E-state index contributed by atoms with van der Waals surface area (Å²) in [6.07, 6.45) is 0. The number of amides is 2. The van der Waals surface area contributed by atoms with E-state index in [0.29, 0.717) is 5.69 Å². The van der Waals surface area contributed by atoms with E-state index in [9.17, 15) is 22.4 Å². The Balaban J connectivity index is 1.75. The van der Waals surface area contributed by atoms with Crippen LogP contribution in [0.5, 0.6) is 0 Å². The monoisotopic (exact) mass is 470 g/mol. The molecule has 2 heterocycles. The second-order valence-electron chi connectivity index (χ2n) is 7.62. The van der Waals surface area contributed by atoms with Gasteiger partial charge >= 0.3 is 0 Å². The maximum absolute atomic E-state index is 13.9. The number of carbonyl (C=O) groups excluding carboxylic acids is 2. The van der Waals surface area contributed by atoms with Crippen LogP contribution < -0.4 is 9.80 Å². The van der Waals surface area contributed by atoms with E-state index in [1.165, 1.54) is 17.0 Å². The first-order valence-electron chi connectivity index (χ1n) is 9.73. The molecule has 1 spiro atoms. The Labute approximate surface area is 188 Å². The van der Waals surface area contributed by atoms with Crippen molar-refractivity contribution in [2.75, 3.05) is 15.6 Å². The van der Waals surface area contributed by atoms with Crippen molar-refractivity contribution < 1.29 is 22.4 Å². The molecule has 0 radical (unpaired) electrons. The lowest BCUT2D eigenvalue weighted by atomic mass is 10.0. The van der Waals surface area contributed by atoms with Crippen LogP contribution >= 0.6 is 11.6 Å². The largest absolute Gasteiger partial charge is 0.304 e. The third-order valence-corrected chi connectivity index (χ3v) is 8.16. The first-order valence-corrected chi connectivity index (χ1v) is 11.8. The van der Waals surface area contributed by atoms with E-state index in [1.54, 1.807) is 18.2 Å². The molecule has 0 aliphatic carbocycles. The molecule has 1 fully saturated rings. The molecule has 1 atom stereocenters. The van der Waals surface area contributed by atoms with Crippen molar-refractivity contribution in [1.29, 1.82) is 0 Å². The van der Waals surface area contributed by atoms with Gasteiger partial charge in [0.1, 0.15) is 11.6 Å². The van der Waals surface area contributed by atoms with Gasteiger partial charge < -0.3 is 4.90 Å². The number of nitrogens with zero attached hydrogens (tertiary/aromatic N) is 2. The molecular weight excluding hydrogens is 455 g/mol. The Morgan fingerprint density at radius 2 is 1.66 bits per heavy atom. The van der Waals surface area contributed by atoms with E-state index in [-0.39, 0.29) is 22.8 Å². The normalized spacial score (nSPS) is 21.4. The molecule has 2 amide bonds. The summed E-state index contributed by atoms with van der Waals surface area (Å²) in [5.74, 6) is -3.10. The number of fused-ring (bicyclic) bond motifs is 2. The molecule has 0 unspecified atom stereocenters. The minimum absolute atomic E-state index is 0.0344. The van der Waals surface area contributed by atoms with Gasteiger partial charge in [-0.05, 0) is 29.8 Å². The van der Waals surface area contributed by atoms with Crippen molar-refractivity contribution in [2.24, 2.45) is 0 Å². The van der Waals surface area contributed by atoms with Crippen molar-refractivity contribution in [1.82, 2.24) is 0 Å². The number of rotatable bonds is 3. The quantitative estimate of drug-likeness (QED) is 0.585. The molecule has 162 valence electrons. The summed E-state index contributed by atoms with van der Waals surface area (Å²) < 4.78 is 40.8. The molecule has 0 saturated carbocycles. The summed E-state index contributed by atoms with van der Waals surface area (Å²) in [4.78, 5) is 27.0. The summed E-state index contributed by atoms with van der Waals surface area (Å²) in [5, 5.41) is -0.283. The lowest BCUT2D eigenvalue weighted by molar-refractivity contribution is -0.123. The molecule has 1 saturated heterocycles. The molecule has 6 nitrogen and oxygen atoms in total. The Hall–Kier alpha value is -3.23. The standard InChI is InChI=1S/C23H16ClFN2O4S/c24-18-12-16(10-11-19(18)25)27-21(28)14-32(30,31)23(27)17-8-4-5-9-20(17)26(22(23)29)13-15-6-2-1-3-7-15/h1-12H,13-14H2/t23-/m0/s1. The fraction of sp³-hybridized carbons (Fsp3) is 0.130. The highest BCUT2D eigenvalue weighted by Crippen LogP contribution is 2.53. The third-order valence-electron chi connectivity index (χ3n) is 5.77. The van der Waals surface area contributed by atoms with Crippen LogP contribution in [0.1, 0.15) is 11.1 Å². The number of hydrogen-bond acceptors (Lipinski definition) is 4. The lowest BCUT2D eigenvalue weighted by Crippen LogP contribution is -2.54. The molecule has 32 heavy (non-hydrogen) atoms. The van der Waals surface area contributed by atoms with Crippen LogP contribution in [0.3, 0.4) is 0 Å². The van der Waals surface area contributed by atoms with Gasteiger partial charge in [-0.15, -0.1) is 0 Å². The van der Waals surface area contributed by atoms with Gasteiger partial charge in [0.15, 0.2) is 9.84 Å². The summed E-state index contributed by atoms with van der Waals surface area (Å²) >= 11 is 5.92. The van der Waals surface area contributed by atoms with Crippen LogP contribution in [-0.2, 0) is 30.8 Å². The second kappa shape index (κ2) is 7.15. The van der Waals surface area contributed by atoms with Crippen molar-refractivity contribution >= 4 is 44.6 Å². The van der Waals surface area contributed by atoms with Crippen molar-refractivity contribution in [3.63, 3.8) is 0 Å². The Kier molecular flexibility index (Phi) is 4.61.